The molecule has 4 nitrogen and oxygen atoms in total. The first kappa shape index (κ1) is 12.9. The predicted molar refractivity (Wildman–Crippen MR) is 62.5 cm³/mol. The fraction of sp³-hybridized carbons (Fsp3) is 0.750. The van der Waals surface area contributed by atoms with Crippen LogP contribution >= 0.6 is 0 Å². The molecule has 4 heteroatoms. The van der Waals surface area contributed by atoms with Crippen LogP contribution in [0.3, 0.4) is 0 Å². The lowest BCUT2D eigenvalue weighted by atomic mass is 10.1. The van der Waals surface area contributed by atoms with Gasteiger partial charge in [-0.1, -0.05) is 32.6 Å². The molecule has 16 heavy (non-hydrogen) atoms. The van der Waals surface area contributed by atoms with E-state index in [2.05, 4.69) is 6.92 Å². The Morgan fingerprint density at radius 2 is 1.81 bits per heavy atom. The molecule has 0 spiro atoms. The molecule has 1 aromatic heterocycles. The maximum atomic E-state index is 11.7. The van der Waals surface area contributed by atoms with E-state index in [0.717, 1.165) is 22.3 Å². The highest BCUT2D eigenvalue weighted by Gasteiger charge is 2.20. The van der Waals surface area contributed by atoms with Crippen molar-refractivity contribution in [3.05, 3.63) is 22.4 Å². The van der Waals surface area contributed by atoms with Crippen molar-refractivity contribution in [3.8, 4) is 0 Å². The first-order chi connectivity index (χ1) is 7.59. The van der Waals surface area contributed by atoms with Crippen LogP contribution in [-0.4, -0.2) is 9.94 Å². The summed E-state index contributed by atoms with van der Waals surface area (Å²) in [6.07, 6.45) is 6.41. The Morgan fingerprint density at radius 1 is 1.19 bits per heavy atom. The molecule has 0 fully saturated rings. The third-order valence-corrected chi connectivity index (χ3v) is 3.13. The average Bonchev–Trinajstić information content (AvgIpc) is 2.46. The van der Waals surface area contributed by atoms with Crippen molar-refractivity contribution >= 4 is 0 Å². The predicted octanol–water partition coefficient (Wildman–Crippen LogP) is 2.49. The van der Waals surface area contributed by atoms with E-state index in [9.17, 15) is 10.4 Å². The van der Waals surface area contributed by atoms with Crippen LogP contribution < -0.4 is 4.73 Å². The molecule has 0 aliphatic rings. The summed E-state index contributed by atoms with van der Waals surface area (Å²) in [5.74, 6) is 0.464. The Bertz CT molecular complexity index is 320. The summed E-state index contributed by atoms with van der Waals surface area (Å²) in [6, 6.07) is 0. The van der Waals surface area contributed by atoms with Crippen molar-refractivity contribution in [2.24, 2.45) is 0 Å². The molecule has 0 bridgehead atoms. The van der Waals surface area contributed by atoms with E-state index in [4.69, 9.17) is 0 Å². The minimum absolute atomic E-state index is 0.464. The van der Waals surface area contributed by atoms with E-state index in [-0.39, 0.29) is 0 Å². The molecule has 1 rings (SSSR count). The lowest BCUT2D eigenvalue weighted by molar-refractivity contribution is -0.621. The van der Waals surface area contributed by atoms with E-state index in [1.54, 1.807) is 13.8 Å². The van der Waals surface area contributed by atoms with E-state index in [1.165, 1.54) is 19.3 Å². The molecule has 0 aliphatic carbocycles. The molecule has 0 radical (unpaired) electrons. The fourth-order valence-electron chi connectivity index (χ4n) is 1.87. The Hall–Kier alpha value is -1.19. The minimum Gasteiger partial charge on any atom is -0.710 e. The van der Waals surface area contributed by atoms with Crippen LogP contribution in [0.15, 0.2) is 0 Å². The second kappa shape index (κ2) is 5.77. The highest BCUT2D eigenvalue weighted by Crippen LogP contribution is 2.10. The fourth-order valence-corrected chi connectivity index (χ4v) is 1.87. The second-order valence-electron chi connectivity index (χ2n) is 4.36. The Kier molecular flexibility index (Phi) is 4.65. The minimum atomic E-state index is 0.464. The van der Waals surface area contributed by atoms with Gasteiger partial charge < -0.3 is 10.4 Å². The summed E-state index contributed by atoms with van der Waals surface area (Å²) in [4.78, 5) is 0. The van der Waals surface area contributed by atoms with Gasteiger partial charge in [-0.3, -0.25) is 0 Å². The summed E-state index contributed by atoms with van der Waals surface area (Å²) in [5.41, 5.74) is 1.23. The SMILES string of the molecule is CCCCCCCc1n(O)c(C)c(C)[n+]1[O-]. The standard InChI is InChI=1S/C12H22N2O2/c1-4-5-6-7-8-9-12-13(15)10(2)11(3)14(12)16/h15H,4-9H2,1-3H3. The molecule has 0 saturated carbocycles. The molecule has 0 unspecified atom stereocenters. The number of unbranched alkanes of at least 4 members (excludes halogenated alkanes) is 4. The topological polar surface area (TPSA) is 52.1 Å². The number of rotatable bonds is 6. The largest absolute Gasteiger partial charge is 0.710 e. The molecule has 0 amide bonds. The molecule has 0 atom stereocenters. The van der Waals surface area contributed by atoms with Gasteiger partial charge in [-0.2, -0.15) is 0 Å². The Balaban J connectivity index is 2.51. The maximum absolute atomic E-state index is 11.7. The third kappa shape index (κ3) is 2.68. The molecule has 0 aromatic carbocycles. The van der Waals surface area contributed by atoms with Gasteiger partial charge in [-0.25, -0.2) is 4.73 Å². The quantitative estimate of drug-likeness (QED) is 0.350. The van der Waals surface area contributed by atoms with Gasteiger partial charge in [-0.15, -0.1) is 0 Å². The molecule has 1 N–H and O–H groups in total. The van der Waals surface area contributed by atoms with Gasteiger partial charge in [0, 0.05) is 13.8 Å². The Labute approximate surface area is 97.1 Å². The van der Waals surface area contributed by atoms with E-state index in [0.29, 0.717) is 23.6 Å². The van der Waals surface area contributed by atoms with Gasteiger partial charge in [0.1, 0.15) is 5.69 Å². The number of aromatic nitrogens is 2. The van der Waals surface area contributed by atoms with Crippen LogP contribution in [0.1, 0.15) is 56.2 Å². The van der Waals surface area contributed by atoms with E-state index >= 15 is 0 Å². The molecule has 92 valence electrons. The summed E-state index contributed by atoms with van der Waals surface area (Å²) >= 11 is 0. The van der Waals surface area contributed by atoms with Gasteiger partial charge in [0.05, 0.1) is 6.42 Å². The van der Waals surface area contributed by atoms with Crippen LogP contribution in [0, 0.1) is 19.1 Å². The molecule has 0 saturated heterocycles. The second-order valence-corrected chi connectivity index (χ2v) is 4.36. The van der Waals surface area contributed by atoms with E-state index < -0.39 is 0 Å². The number of hydrogen-bond donors (Lipinski definition) is 1. The maximum Gasteiger partial charge on any atom is 0.299 e. The van der Waals surface area contributed by atoms with Crippen molar-refractivity contribution in [2.75, 3.05) is 0 Å². The zero-order valence-electron chi connectivity index (χ0n) is 10.5. The average molecular weight is 226 g/mol. The summed E-state index contributed by atoms with van der Waals surface area (Å²) in [5, 5.41) is 21.4. The third-order valence-electron chi connectivity index (χ3n) is 3.13. The van der Waals surface area contributed by atoms with Gasteiger partial charge >= 0.3 is 0 Å². The molecule has 0 aliphatic heterocycles. The summed E-state index contributed by atoms with van der Waals surface area (Å²) < 4.78 is 1.87. The van der Waals surface area contributed by atoms with Gasteiger partial charge in [0.15, 0.2) is 5.69 Å². The van der Waals surface area contributed by atoms with Gasteiger partial charge in [0.25, 0.3) is 5.82 Å². The van der Waals surface area contributed by atoms with Crippen molar-refractivity contribution in [1.82, 2.24) is 4.73 Å². The van der Waals surface area contributed by atoms with Crippen molar-refractivity contribution in [3.63, 3.8) is 0 Å². The van der Waals surface area contributed by atoms with Gasteiger partial charge in [-0.05, 0) is 11.2 Å². The summed E-state index contributed by atoms with van der Waals surface area (Å²) in [6.45, 7) is 5.66. The highest BCUT2D eigenvalue weighted by atomic mass is 16.5. The van der Waals surface area contributed by atoms with Gasteiger partial charge in [0.2, 0.25) is 0 Å². The number of imidazole rings is 1. The van der Waals surface area contributed by atoms with Crippen molar-refractivity contribution in [1.29, 1.82) is 0 Å². The van der Waals surface area contributed by atoms with Crippen LogP contribution in [-0.2, 0) is 6.42 Å². The lowest BCUT2D eigenvalue weighted by Crippen LogP contribution is -2.33. The smallest absolute Gasteiger partial charge is 0.299 e. The van der Waals surface area contributed by atoms with Crippen LogP contribution in [0.5, 0.6) is 0 Å². The van der Waals surface area contributed by atoms with Crippen LogP contribution in [0.4, 0.5) is 0 Å². The monoisotopic (exact) mass is 226 g/mol. The zero-order chi connectivity index (χ0) is 12.1. The van der Waals surface area contributed by atoms with Crippen LogP contribution in [0.25, 0.3) is 0 Å². The lowest BCUT2D eigenvalue weighted by Gasteiger charge is -2.03. The first-order valence-electron chi connectivity index (χ1n) is 6.09. The van der Waals surface area contributed by atoms with Crippen LogP contribution in [0.2, 0.25) is 0 Å². The first-order valence-corrected chi connectivity index (χ1v) is 6.09. The normalized spacial score (nSPS) is 10.9. The molecule has 1 heterocycles. The zero-order valence-corrected chi connectivity index (χ0v) is 10.5. The molecular formula is C12H22N2O2. The highest BCUT2D eigenvalue weighted by molar-refractivity contribution is 5.05. The van der Waals surface area contributed by atoms with Crippen molar-refractivity contribution < 1.29 is 9.94 Å². The Morgan fingerprint density at radius 3 is 2.31 bits per heavy atom. The number of nitrogens with zero attached hydrogens (tertiary/aromatic N) is 2. The van der Waals surface area contributed by atoms with Crippen molar-refractivity contribution in [2.45, 2.75) is 59.3 Å². The van der Waals surface area contributed by atoms with E-state index in [1.807, 2.05) is 0 Å². The number of hydrogen-bond acceptors (Lipinski definition) is 2. The molecule has 1 aromatic rings. The summed E-state index contributed by atoms with van der Waals surface area (Å²) in [7, 11) is 0. The molecular weight excluding hydrogens is 204 g/mol.